The number of fused-ring (bicyclic) bond motifs is 1. The van der Waals surface area contributed by atoms with Gasteiger partial charge in [0, 0.05) is 30.3 Å². The molecule has 0 spiro atoms. The molecular weight excluding hydrogens is 358 g/mol. The molecule has 1 aromatic rings. The van der Waals surface area contributed by atoms with Gasteiger partial charge < -0.3 is 4.74 Å². The monoisotopic (exact) mass is 389 g/mol. The Labute approximate surface area is 169 Å². The van der Waals surface area contributed by atoms with Crippen LogP contribution in [0.5, 0.6) is 5.75 Å². The minimum Gasteiger partial charge on any atom is -0.497 e. The van der Waals surface area contributed by atoms with Crippen LogP contribution in [0.4, 0.5) is 0 Å². The predicted molar refractivity (Wildman–Crippen MR) is 110 cm³/mol. The first-order chi connectivity index (χ1) is 12.5. The maximum Gasteiger partial charge on any atom is 0.136 e. The lowest BCUT2D eigenvalue weighted by molar-refractivity contribution is -0.138. The fourth-order valence-electron chi connectivity index (χ4n) is 6.48. The summed E-state index contributed by atoms with van der Waals surface area (Å²) in [5.74, 6) is 3.60. The Bertz CT molecular complexity index is 746. The number of benzene rings is 1. The number of halogens is 1. The molecule has 2 saturated carbocycles. The number of carbonyl (C=O) groups is 1. The zero-order valence-corrected chi connectivity index (χ0v) is 17.6. The zero-order valence-electron chi connectivity index (χ0n) is 16.7. The summed E-state index contributed by atoms with van der Waals surface area (Å²) in [6, 6.07) is 7.24. The van der Waals surface area contributed by atoms with Crippen molar-refractivity contribution in [1.82, 2.24) is 4.90 Å². The summed E-state index contributed by atoms with van der Waals surface area (Å²) in [5.41, 5.74) is 2.92. The molecule has 5 atom stereocenters. The average Bonchev–Trinajstić information content (AvgIpc) is 3.46. The molecule has 1 heterocycles. The summed E-state index contributed by atoms with van der Waals surface area (Å²) in [6.07, 6.45) is 5.83. The van der Waals surface area contributed by atoms with E-state index in [1.807, 2.05) is 0 Å². The van der Waals surface area contributed by atoms with Gasteiger partial charge in [-0.3, -0.25) is 9.69 Å². The molecule has 0 amide bonds. The van der Waals surface area contributed by atoms with Crippen LogP contribution in [-0.4, -0.2) is 36.9 Å². The topological polar surface area (TPSA) is 29.5 Å². The van der Waals surface area contributed by atoms with Gasteiger partial charge in [-0.1, -0.05) is 19.9 Å². The number of ketones is 1. The minimum atomic E-state index is 0. The lowest BCUT2D eigenvalue weighted by atomic mass is 9.47. The Balaban J connectivity index is 0.00000180. The molecule has 0 N–H and O–H groups in total. The number of rotatable bonds is 3. The fourth-order valence-corrected chi connectivity index (χ4v) is 6.48. The molecule has 0 radical (unpaired) electrons. The van der Waals surface area contributed by atoms with Crippen LogP contribution < -0.4 is 4.74 Å². The third-order valence-corrected chi connectivity index (χ3v) is 8.19. The highest BCUT2D eigenvalue weighted by Crippen LogP contribution is 2.58. The molecule has 1 aromatic carbocycles. The molecule has 3 fully saturated rings. The Kier molecular flexibility index (Phi) is 4.83. The van der Waals surface area contributed by atoms with E-state index in [-0.39, 0.29) is 23.7 Å². The Morgan fingerprint density at radius 1 is 1.26 bits per heavy atom. The van der Waals surface area contributed by atoms with Gasteiger partial charge in [0.25, 0.3) is 0 Å². The van der Waals surface area contributed by atoms with E-state index in [2.05, 4.69) is 36.9 Å². The molecule has 27 heavy (non-hydrogen) atoms. The van der Waals surface area contributed by atoms with Crippen molar-refractivity contribution in [3.63, 3.8) is 0 Å². The molecule has 4 aliphatic rings. The van der Waals surface area contributed by atoms with Crippen molar-refractivity contribution in [2.24, 2.45) is 23.7 Å². The normalized spacial score (nSPS) is 37.8. The van der Waals surface area contributed by atoms with Gasteiger partial charge >= 0.3 is 0 Å². The highest BCUT2D eigenvalue weighted by atomic mass is 35.5. The van der Waals surface area contributed by atoms with E-state index in [1.54, 1.807) is 7.11 Å². The maximum atomic E-state index is 12.9. The summed E-state index contributed by atoms with van der Waals surface area (Å²) >= 11 is 0. The van der Waals surface area contributed by atoms with E-state index in [0.717, 1.165) is 37.5 Å². The van der Waals surface area contributed by atoms with E-state index in [9.17, 15) is 4.79 Å². The number of likely N-dealkylation sites (tertiary alicyclic amines) is 1. The number of piperidine rings is 1. The number of hydrogen-bond donors (Lipinski definition) is 0. The van der Waals surface area contributed by atoms with Crippen molar-refractivity contribution >= 4 is 18.2 Å². The van der Waals surface area contributed by atoms with Crippen LogP contribution >= 0.6 is 12.4 Å². The molecule has 1 saturated heterocycles. The Morgan fingerprint density at radius 2 is 2.04 bits per heavy atom. The minimum absolute atomic E-state index is 0. The van der Waals surface area contributed by atoms with Gasteiger partial charge in [-0.2, -0.15) is 0 Å². The van der Waals surface area contributed by atoms with Crippen LogP contribution in [-0.2, 0) is 16.6 Å². The summed E-state index contributed by atoms with van der Waals surface area (Å²) in [4.78, 5) is 15.7. The lowest BCUT2D eigenvalue weighted by Crippen LogP contribution is -2.65. The Hall–Kier alpha value is -1.06. The van der Waals surface area contributed by atoms with E-state index >= 15 is 0 Å². The summed E-state index contributed by atoms with van der Waals surface area (Å²) in [6.45, 7) is 6.95. The van der Waals surface area contributed by atoms with Gasteiger partial charge in [-0.25, -0.2) is 0 Å². The third kappa shape index (κ3) is 2.84. The molecule has 148 valence electrons. The van der Waals surface area contributed by atoms with Gasteiger partial charge in [0.1, 0.15) is 11.5 Å². The first kappa shape index (κ1) is 19.3. The van der Waals surface area contributed by atoms with E-state index in [0.29, 0.717) is 23.7 Å². The number of nitrogens with zero attached hydrogens (tertiary/aromatic N) is 1. The fraction of sp³-hybridized carbons (Fsp3) is 0.696. The molecule has 0 aromatic heterocycles. The van der Waals surface area contributed by atoms with Crippen LogP contribution in [0.1, 0.15) is 50.7 Å². The van der Waals surface area contributed by atoms with Crippen molar-refractivity contribution in [3.05, 3.63) is 29.3 Å². The summed E-state index contributed by atoms with van der Waals surface area (Å²) in [5, 5.41) is 0. The molecular formula is C23H32ClNO2. The first-order valence-corrected chi connectivity index (χ1v) is 10.5. The van der Waals surface area contributed by atoms with Gasteiger partial charge in [0.15, 0.2) is 0 Å². The van der Waals surface area contributed by atoms with Crippen LogP contribution in [0.3, 0.4) is 0 Å². The van der Waals surface area contributed by atoms with Crippen molar-refractivity contribution in [2.75, 3.05) is 20.2 Å². The van der Waals surface area contributed by atoms with E-state index in [1.165, 1.54) is 30.5 Å². The predicted octanol–water partition coefficient (Wildman–Crippen LogP) is 4.26. The van der Waals surface area contributed by atoms with Crippen LogP contribution in [0.15, 0.2) is 18.2 Å². The molecule has 5 rings (SSSR count). The average molecular weight is 390 g/mol. The van der Waals surface area contributed by atoms with E-state index < -0.39 is 0 Å². The van der Waals surface area contributed by atoms with Crippen molar-refractivity contribution in [3.8, 4) is 5.75 Å². The second kappa shape index (κ2) is 6.77. The highest BCUT2D eigenvalue weighted by Gasteiger charge is 2.59. The maximum absolute atomic E-state index is 12.9. The molecule has 3 aliphatic carbocycles. The number of methoxy groups -OCH3 is 1. The van der Waals surface area contributed by atoms with Gasteiger partial charge in [-0.15, -0.1) is 12.4 Å². The second-order valence-corrected chi connectivity index (χ2v) is 9.46. The van der Waals surface area contributed by atoms with Crippen LogP contribution in [0, 0.1) is 23.7 Å². The number of Topliss-reactive ketones (excluding diaryl/α,β-unsaturated/α-hetero) is 1. The molecule has 3 nitrogen and oxygen atoms in total. The Morgan fingerprint density at radius 3 is 2.74 bits per heavy atom. The molecule has 1 aliphatic heterocycles. The van der Waals surface area contributed by atoms with Gasteiger partial charge in [0.2, 0.25) is 0 Å². The van der Waals surface area contributed by atoms with E-state index in [4.69, 9.17) is 4.74 Å². The number of ether oxygens (including phenoxy) is 1. The highest BCUT2D eigenvalue weighted by molar-refractivity contribution is 5.85. The van der Waals surface area contributed by atoms with Gasteiger partial charge in [0.05, 0.1) is 7.11 Å². The lowest BCUT2D eigenvalue weighted by Gasteiger charge is -2.61. The largest absolute Gasteiger partial charge is 0.497 e. The van der Waals surface area contributed by atoms with Crippen LogP contribution in [0.2, 0.25) is 0 Å². The molecule has 4 heteroatoms. The van der Waals surface area contributed by atoms with Crippen LogP contribution in [0.25, 0.3) is 0 Å². The first-order valence-electron chi connectivity index (χ1n) is 10.5. The quantitative estimate of drug-likeness (QED) is 0.773. The van der Waals surface area contributed by atoms with Gasteiger partial charge in [-0.05, 0) is 73.2 Å². The standard InChI is InChI=1S/C23H31NO2.ClH/c1-14-15(2)22-20-10-17-6-7-18(26-3)11-19(17)23(22,12-21(14)25)8-9-24(20)13-16-4-5-16;/h6-7,11,14-16,20,22H,4-5,8-10,12-13H2,1-3H3;1H/t14?,15?,20-,22+,23-;/m1./s1. The zero-order chi connectivity index (χ0) is 18.1. The second-order valence-electron chi connectivity index (χ2n) is 9.46. The SMILES string of the molecule is COc1ccc2c(c1)[C@]13CCN(CC4CC4)[C@H](C2)[C@@H]1C(C)C(C)C(=O)C3.Cl. The van der Waals surface area contributed by atoms with Crippen molar-refractivity contribution in [2.45, 2.75) is 57.4 Å². The number of carbonyl (C=O) groups excluding carboxylic acids is 1. The molecule has 2 bridgehead atoms. The smallest absolute Gasteiger partial charge is 0.136 e. The summed E-state index contributed by atoms with van der Waals surface area (Å²) < 4.78 is 5.56. The molecule has 2 unspecified atom stereocenters. The summed E-state index contributed by atoms with van der Waals surface area (Å²) in [7, 11) is 1.75. The van der Waals surface area contributed by atoms with Crippen molar-refractivity contribution in [1.29, 1.82) is 0 Å². The third-order valence-electron chi connectivity index (χ3n) is 8.19. The van der Waals surface area contributed by atoms with Crippen molar-refractivity contribution < 1.29 is 9.53 Å². The number of hydrogen-bond acceptors (Lipinski definition) is 3.